The summed E-state index contributed by atoms with van der Waals surface area (Å²) in [6.07, 6.45) is 3.61. The molecule has 2 rings (SSSR count). The van der Waals surface area contributed by atoms with E-state index in [1.54, 1.807) is 0 Å². The van der Waals surface area contributed by atoms with Crippen molar-refractivity contribution in [1.82, 2.24) is 4.90 Å². The van der Waals surface area contributed by atoms with E-state index in [1.807, 2.05) is 0 Å². The van der Waals surface area contributed by atoms with Crippen LogP contribution in [-0.2, 0) is 0 Å². The lowest BCUT2D eigenvalue weighted by atomic mass is 9.92. The lowest BCUT2D eigenvalue weighted by Gasteiger charge is -2.37. The van der Waals surface area contributed by atoms with Crippen LogP contribution < -0.4 is 10.5 Å². The first-order valence-electron chi connectivity index (χ1n) is 8.24. The van der Waals surface area contributed by atoms with Crippen LogP contribution in [0.4, 0.5) is 0 Å². The second-order valence-electron chi connectivity index (χ2n) is 6.53. The number of piperidine rings is 1. The number of nitrogens with two attached hydrogens (primary N) is 1. The molecular formula is C18H30N2O. The van der Waals surface area contributed by atoms with Crippen LogP contribution in [0.3, 0.4) is 0 Å². The zero-order chi connectivity index (χ0) is 15.2. The van der Waals surface area contributed by atoms with Crippen molar-refractivity contribution < 1.29 is 4.74 Å². The summed E-state index contributed by atoms with van der Waals surface area (Å²) >= 11 is 0. The Labute approximate surface area is 129 Å². The van der Waals surface area contributed by atoms with Crippen molar-refractivity contribution in [1.29, 1.82) is 0 Å². The maximum atomic E-state index is 5.94. The van der Waals surface area contributed by atoms with E-state index >= 15 is 0 Å². The molecule has 1 aliphatic heterocycles. The van der Waals surface area contributed by atoms with Crippen LogP contribution in [0, 0.1) is 19.8 Å². The minimum atomic E-state index is 0.564. The zero-order valence-electron chi connectivity index (χ0n) is 13.8. The summed E-state index contributed by atoms with van der Waals surface area (Å²) in [5.74, 6) is 1.85. The second-order valence-corrected chi connectivity index (χ2v) is 6.53. The van der Waals surface area contributed by atoms with Gasteiger partial charge in [0.15, 0.2) is 0 Å². The number of ether oxygens (including phenoxy) is 1. The van der Waals surface area contributed by atoms with Gasteiger partial charge in [-0.25, -0.2) is 0 Å². The highest BCUT2D eigenvalue weighted by Crippen LogP contribution is 2.22. The van der Waals surface area contributed by atoms with E-state index in [-0.39, 0.29) is 0 Å². The molecule has 1 aromatic rings. The molecule has 0 amide bonds. The summed E-state index contributed by atoms with van der Waals surface area (Å²) in [5, 5.41) is 0. The molecule has 21 heavy (non-hydrogen) atoms. The number of hydrogen-bond donors (Lipinski definition) is 1. The molecule has 0 spiro atoms. The number of rotatable bonds is 6. The van der Waals surface area contributed by atoms with Crippen LogP contribution in [0.2, 0.25) is 0 Å². The molecule has 3 heteroatoms. The molecule has 0 aromatic heterocycles. The lowest BCUT2D eigenvalue weighted by Crippen LogP contribution is -2.46. The smallest absolute Gasteiger partial charge is 0.122 e. The molecule has 0 aliphatic carbocycles. The topological polar surface area (TPSA) is 38.5 Å². The van der Waals surface area contributed by atoms with Crippen molar-refractivity contribution in [2.45, 2.75) is 46.1 Å². The van der Waals surface area contributed by atoms with Crippen molar-refractivity contribution >= 4 is 0 Å². The Hall–Kier alpha value is -1.06. The molecule has 2 unspecified atom stereocenters. The van der Waals surface area contributed by atoms with Crippen LogP contribution in [0.15, 0.2) is 18.2 Å². The molecule has 3 nitrogen and oxygen atoms in total. The van der Waals surface area contributed by atoms with E-state index in [0.717, 1.165) is 37.8 Å². The van der Waals surface area contributed by atoms with E-state index in [1.165, 1.54) is 30.5 Å². The van der Waals surface area contributed by atoms with Crippen molar-refractivity contribution in [3.05, 3.63) is 29.3 Å². The largest absolute Gasteiger partial charge is 0.493 e. The Morgan fingerprint density at radius 2 is 2.14 bits per heavy atom. The van der Waals surface area contributed by atoms with Gasteiger partial charge in [-0.3, -0.25) is 4.90 Å². The van der Waals surface area contributed by atoms with Crippen LogP contribution in [0.25, 0.3) is 0 Å². The third-order valence-corrected chi connectivity index (χ3v) is 4.56. The van der Waals surface area contributed by atoms with E-state index in [2.05, 4.69) is 43.9 Å². The Morgan fingerprint density at radius 3 is 2.90 bits per heavy atom. The Bertz CT molecular complexity index is 447. The standard InChI is InChI=1S/C18H30N2O/c1-14-5-6-16(3)18(12-14)21-10-4-8-20-9-7-15(2)11-17(20)13-19/h5-6,12,15,17H,4,7-11,13,19H2,1-3H3. The van der Waals surface area contributed by atoms with Crippen LogP contribution in [0.1, 0.15) is 37.3 Å². The highest BCUT2D eigenvalue weighted by atomic mass is 16.5. The van der Waals surface area contributed by atoms with Crippen LogP contribution in [0.5, 0.6) is 5.75 Å². The number of benzene rings is 1. The van der Waals surface area contributed by atoms with Gasteiger partial charge in [0, 0.05) is 19.1 Å². The fourth-order valence-corrected chi connectivity index (χ4v) is 3.15. The number of hydrogen-bond acceptors (Lipinski definition) is 3. The minimum absolute atomic E-state index is 0.564. The first kappa shape index (κ1) is 16.3. The van der Waals surface area contributed by atoms with Crippen LogP contribution >= 0.6 is 0 Å². The zero-order valence-corrected chi connectivity index (χ0v) is 13.8. The van der Waals surface area contributed by atoms with Gasteiger partial charge in [-0.05, 0) is 62.8 Å². The highest BCUT2D eigenvalue weighted by Gasteiger charge is 2.24. The van der Waals surface area contributed by atoms with E-state index < -0.39 is 0 Å². The third kappa shape index (κ3) is 4.72. The fourth-order valence-electron chi connectivity index (χ4n) is 3.15. The second kappa shape index (κ2) is 7.81. The molecule has 118 valence electrons. The molecule has 2 atom stereocenters. The number of likely N-dealkylation sites (tertiary alicyclic amines) is 1. The van der Waals surface area contributed by atoms with Gasteiger partial charge in [0.05, 0.1) is 6.61 Å². The molecule has 1 saturated heterocycles. The quantitative estimate of drug-likeness (QED) is 0.818. The van der Waals surface area contributed by atoms with Crippen molar-refractivity contribution in [2.24, 2.45) is 11.7 Å². The summed E-state index contributed by atoms with van der Waals surface area (Å²) < 4.78 is 5.94. The summed E-state index contributed by atoms with van der Waals surface area (Å²) in [7, 11) is 0. The highest BCUT2D eigenvalue weighted by molar-refractivity contribution is 5.35. The van der Waals surface area contributed by atoms with Gasteiger partial charge in [-0.1, -0.05) is 19.1 Å². The Morgan fingerprint density at radius 1 is 1.33 bits per heavy atom. The summed E-state index contributed by atoms with van der Waals surface area (Å²) in [4.78, 5) is 2.55. The normalized spacial score (nSPS) is 23.2. The Kier molecular flexibility index (Phi) is 6.07. The van der Waals surface area contributed by atoms with Gasteiger partial charge < -0.3 is 10.5 Å². The van der Waals surface area contributed by atoms with E-state index in [4.69, 9.17) is 10.5 Å². The first-order valence-corrected chi connectivity index (χ1v) is 8.24. The van der Waals surface area contributed by atoms with E-state index in [9.17, 15) is 0 Å². The van der Waals surface area contributed by atoms with Crippen LogP contribution in [-0.4, -0.2) is 37.2 Å². The number of nitrogens with zero attached hydrogens (tertiary/aromatic N) is 1. The minimum Gasteiger partial charge on any atom is -0.493 e. The predicted molar refractivity (Wildman–Crippen MR) is 88.8 cm³/mol. The van der Waals surface area contributed by atoms with Gasteiger partial charge in [-0.2, -0.15) is 0 Å². The van der Waals surface area contributed by atoms with Gasteiger partial charge in [-0.15, -0.1) is 0 Å². The molecule has 1 fully saturated rings. The van der Waals surface area contributed by atoms with Crippen molar-refractivity contribution in [3.8, 4) is 5.75 Å². The van der Waals surface area contributed by atoms with Gasteiger partial charge >= 0.3 is 0 Å². The monoisotopic (exact) mass is 290 g/mol. The van der Waals surface area contributed by atoms with Gasteiger partial charge in [0.2, 0.25) is 0 Å². The van der Waals surface area contributed by atoms with Gasteiger partial charge in [0.25, 0.3) is 0 Å². The molecule has 0 radical (unpaired) electrons. The lowest BCUT2D eigenvalue weighted by molar-refractivity contribution is 0.114. The maximum Gasteiger partial charge on any atom is 0.122 e. The average Bonchev–Trinajstić information content (AvgIpc) is 2.48. The van der Waals surface area contributed by atoms with Crippen molar-refractivity contribution in [2.75, 3.05) is 26.2 Å². The summed E-state index contributed by atoms with van der Waals surface area (Å²) in [6.45, 7) is 10.4. The molecule has 1 aliphatic rings. The van der Waals surface area contributed by atoms with Crippen molar-refractivity contribution in [3.63, 3.8) is 0 Å². The summed E-state index contributed by atoms with van der Waals surface area (Å²) in [6, 6.07) is 6.94. The molecule has 2 N–H and O–H groups in total. The predicted octanol–water partition coefficient (Wildman–Crippen LogP) is 3.13. The molecule has 0 bridgehead atoms. The van der Waals surface area contributed by atoms with E-state index in [0.29, 0.717) is 6.04 Å². The molecular weight excluding hydrogens is 260 g/mol. The molecule has 1 aromatic carbocycles. The Balaban J connectivity index is 1.75. The summed E-state index contributed by atoms with van der Waals surface area (Å²) in [5.41, 5.74) is 8.38. The average molecular weight is 290 g/mol. The first-order chi connectivity index (χ1) is 10.1. The third-order valence-electron chi connectivity index (χ3n) is 4.56. The number of aryl methyl sites for hydroxylation is 2. The van der Waals surface area contributed by atoms with Gasteiger partial charge in [0.1, 0.15) is 5.75 Å². The maximum absolute atomic E-state index is 5.94. The molecule has 1 heterocycles. The molecule has 0 saturated carbocycles. The fraction of sp³-hybridized carbons (Fsp3) is 0.667. The SMILES string of the molecule is Cc1ccc(C)c(OCCCN2CCC(C)CC2CN)c1.